The largest absolute Gasteiger partial charge is 0.478 e. The van der Waals surface area contributed by atoms with Gasteiger partial charge in [0.1, 0.15) is 0 Å². The van der Waals surface area contributed by atoms with Gasteiger partial charge in [0.2, 0.25) is 0 Å². The topological polar surface area (TPSA) is 62.2 Å². The molecule has 1 aromatic rings. The van der Waals surface area contributed by atoms with Crippen LogP contribution in [-0.4, -0.2) is 23.1 Å². The second-order valence-corrected chi connectivity index (χ2v) is 2.37. The highest BCUT2D eigenvalue weighted by molar-refractivity contribution is 5.87. The lowest BCUT2D eigenvalue weighted by Crippen LogP contribution is -2.08. The van der Waals surface area contributed by atoms with Crippen molar-refractivity contribution in [2.75, 3.05) is 7.05 Å². The number of carboxylic acid groups (broad SMARTS) is 1. The molecule has 0 spiro atoms. The van der Waals surface area contributed by atoms with Gasteiger partial charge in [-0.25, -0.2) is 4.79 Å². The van der Waals surface area contributed by atoms with E-state index in [2.05, 4.69) is 10.3 Å². The molecule has 0 atom stereocenters. The van der Waals surface area contributed by atoms with Gasteiger partial charge in [-0.15, -0.1) is 0 Å². The lowest BCUT2D eigenvalue weighted by atomic mass is 10.2. The monoisotopic (exact) mass is 166 g/mol. The fourth-order valence-electron chi connectivity index (χ4n) is 0.889. The highest BCUT2D eigenvalue weighted by atomic mass is 16.4. The van der Waals surface area contributed by atoms with Gasteiger partial charge in [-0.1, -0.05) is 0 Å². The summed E-state index contributed by atoms with van der Waals surface area (Å²) in [5.41, 5.74) is 1.01. The molecular formula is C8H10N2O2. The van der Waals surface area contributed by atoms with Crippen molar-refractivity contribution in [3.63, 3.8) is 0 Å². The van der Waals surface area contributed by atoms with Crippen molar-refractivity contribution in [1.29, 1.82) is 0 Å². The summed E-state index contributed by atoms with van der Waals surface area (Å²) in [6.07, 6.45) is 1.50. The van der Waals surface area contributed by atoms with Crippen LogP contribution in [0, 0.1) is 0 Å². The molecule has 0 bridgehead atoms. The fourth-order valence-corrected chi connectivity index (χ4v) is 0.889. The smallest absolute Gasteiger partial charge is 0.335 e. The number of carbonyl (C=O) groups is 1. The second kappa shape index (κ2) is 3.82. The molecule has 1 rings (SSSR count). The van der Waals surface area contributed by atoms with E-state index in [1.54, 1.807) is 13.1 Å². The zero-order valence-corrected chi connectivity index (χ0v) is 6.74. The van der Waals surface area contributed by atoms with Crippen LogP contribution in [0.4, 0.5) is 0 Å². The summed E-state index contributed by atoms with van der Waals surface area (Å²) in [4.78, 5) is 14.5. The van der Waals surface area contributed by atoms with Gasteiger partial charge in [0.25, 0.3) is 0 Å². The minimum atomic E-state index is -0.922. The molecule has 12 heavy (non-hydrogen) atoms. The number of pyridine rings is 1. The Hall–Kier alpha value is -1.42. The van der Waals surface area contributed by atoms with Gasteiger partial charge in [0.05, 0.1) is 11.3 Å². The van der Waals surface area contributed by atoms with Crippen molar-refractivity contribution in [2.45, 2.75) is 6.54 Å². The van der Waals surface area contributed by atoms with E-state index in [1.165, 1.54) is 12.3 Å². The summed E-state index contributed by atoms with van der Waals surface area (Å²) in [5, 5.41) is 11.5. The highest BCUT2D eigenvalue weighted by Gasteiger charge is 2.02. The number of hydrogen-bond donors (Lipinski definition) is 2. The van der Waals surface area contributed by atoms with E-state index >= 15 is 0 Å². The first-order chi connectivity index (χ1) is 5.74. The van der Waals surface area contributed by atoms with Crippen LogP contribution in [0.1, 0.15) is 16.1 Å². The fraction of sp³-hybridized carbons (Fsp3) is 0.250. The average Bonchev–Trinajstić information content (AvgIpc) is 2.05. The van der Waals surface area contributed by atoms with Gasteiger partial charge < -0.3 is 10.4 Å². The molecular weight excluding hydrogens is 156 g/mol. The van der Waals surface area contributed by atoms with Gasteiger partial charge >= 0.3 is 5.97 Å². The molecule has 1 heterocycles. The normalized spacial score (nSPS) is 9.75. The van der Waals surface area contributed by atoms with E-state index in [9.17, 15) is 4.79 Å². The molecule has 4 heteroatoms. The predicted molar refractivity (Wildman–Crippen MR) is 44.0 cm³/mol. The summed E-state index contributed by atoms with van der Waals surface area (Å²) >= 11 is 0. The van der Waals surface area contributed by atoms with Crippen LogP contribution in [0.15, 0.2) is 18.3 Å². The van der Waals surface area contributed by atoms with Crippen LogP contribution in [0.2, 0.25) is 0 Å². The number of carboxylic acids is 1. The van der Waals surface area contributed by atoms with Crippen molar-refractivity contribution < 1.29 is 9.90 Å². The quantitative estimate of drug-likeness (QED) is 0.686. The molecule has 2 N–H and O–H groups in total. The molecule has 0 unspecified atom stereocenters. The first kappa shape index (κ1) is 8.67. The maximum absolute atomic E-state index is 10.5. The van der Waals surface area contributed by atoms with E-state index in [-0.39, 0.29) is 5.56 Å². The zero-order chi connectivity index (χ0) is 8.97. The summed E-state index contributed by atoms with van der Waals surface area (Å²) in [6.45, 7) is 0.584. The Labute approximate surface area is 70.3 Å². The molecule has 0 aliphatic heterocycles. The Morgan fingerprint density at radius 3 is 3.08 bits per heavy atom. The minimum absolute atomic E-state index is 0.273. The summed E-state index contributed by atoms with van der Waals surface area (Å²) in [6, 6.07) is 3.03. The summed E-state index contributed by atoms with van der Waals surface area (Å²) in [5.74, 6) is -0.922. The second-order valence-electron chi connectivity index (χ2n) is 2.37. The van der Waals surface area contributed by atoms with Crippen molar-refractivity contribution in [3.8, 4) is 0 Å². The van der Waals surface area contributed by atoms with Gasteiger partial charge in [-0.3, -0.25) is 4.98 Å². The summed E-state index contributed by atoms with van der Waals surface area (Å²) < 4.78 is 0. The third kappa shape index (κ3) is 2.03. The van der Waals surface area contributed by atoms with E-state index < -0.39 is 5.97 Å². The van der Waals surface area contributed by atoms with Gasteiger partial charge in [0.15, 0.2) is 0 Å². The Bertz CT molecular complexity index is 286. The Kier molecular flexibility index (Phi) is 2.76. The Morgan fingerprint density at radius 2 is 2.50 bits per heavy atom. The van der Waals surface area contributed by atoms with Crippen LogP contribution in [-0.2, 0) is 6.54 Å². The molecule has 0 aliphatic rings. The third-order valence-corrected chi connectivity index (χ3v) is 1.42. The maximum Gasteiger partial charge on any atom is 0.335 e. The molecule has 1 aromatic heterocycles. The lowest BCUT2D eigenvalue weighted by Gasteiger charge is -1.99. The standard InChI is InChI=1S/C8H10N2O2/c1-9-5-7-4-6(8(11)12)2-3-10-7/h2-4,9H,5H2,1H3,(H,11,12). The number of nitrogens with zero attached hydrogens (tertiary/aromatic N) is 1. The summed E-state index contributed by atoms with van der Waals surface area (Å²) in [7, 11) is 1.79. The van der Waals surface area contributed by atoms with E-state index in [0.717, 1.165) is 5.69 Å². The number of nitrogens with one attached hydrogen (secondary N) is 1. The number of aromatic carboxylic acids is 1. The first-order valence-corrected chi connectivity index (χ1v) is 3.57. The molecule has 0 saturated heterocycles. The van der Waals surface area contributed by atoms with Crippen molar-refractivity contribution in [3.05, 3.63) is 29.6 Å². The number of hydrogen-bond acceptors (Lipinski definition) is 3. The van der Waals surface area contributed by atoms with Crippen LogP contribution >= 0.6 is 0 Å². The Balaban J connectivity index is 2.88. The van der Waals surface area contributed by atoms with Crippen LogP contribution in [0.5, 0.6) is 0 Å². The van der Waals surface area contributed by atoms with Crippen molar-refractivity contribution in [2.24, 2.45) is 0 Å². The van der Waals surface area contributed by atoms with Crippen molar-refractivity contribution in [1.82, 2.24) is 10.3 Å². The van der Waals surface area contributed by atoms with Gasteiger partial charge in [0, 0.05) is 12.7 Å². The molecule has 0 saturated carbocycles. The first-order valence-electron chi connectivity index (χ1n) is 3.57. The number of rotatable bonds is 3. The third-order valence-electron chi connectivity index (χ3n) is 1.42. The molecule has 0 radical (unpaired) electrons. The molecule has 0 aliphatic carbocycles. The van der Waals surface area contributed by atoms with Crippen LogP contribution in [0.3, 0.4) is 0 Å². The van der Waals surface area contributed by atoms with E-state index in [4.69, 9.17) is 5.11 Å². The molecule has 4 nitrogen and oxygen atoms in total. The zero-order valence-electron chi connectivity index (χ0n) is 6.74. The molecule has 0 aromatic carbocycles. The number of aromatic nitrogens is 1. The minimum Gasteiger partial charge on any atom is -0.478 e. The molecule has 0 amide bonds. The van der Waals surface area contributed by atoms with Crippen LogP contribution in [0.25, 0.3) is 0 Å². The molecule has 64 valence electrons. The lowest BCUT2D eigenvalue weighted by molar-refractivity contribution is 0.0696. The predicted octanol–water partition coefficient (Wildman–Crippen LogP) is 0.499. The Morgan fingerprint density at radius 1 is 1.75 bits per heavy atom. The van der Waals surface area contributed by atoms with Gasteiger partial charge in [-0.05, 0) is 19.2 Å². The van der Waals surface area contributed by atoms with Crippen LogP contribution < -0.4 is 5.32 Å². The SMILES string of the molecule is CNCc1cc(C(=O)O)ccn1. The van der Waals surface area contributed by atoms with E-state index in [1.807, 2.05) is 0 Å². The highest BCUT2D eigenvalue weighted by Crippen LogP contribution is 2.00. The van der Waals surface area contributed by atoms with Crippen molar-refractivity contribution >= 4 is 5.97 Å². The van der Waals surface area contributed by atoms with E-state index in [0.29, 0.717) is 6.54 Å². The average molecular weight is 166 g/mol. The maximum atomic E-state index is 10.5. The van der Waals surface area contributed by atoms with Gasteiger partial charge in [-0.2, -0.15) is 0 Å². The molecule has 0 fully saturated rings.